The van der Waals surface area contributed by atoms with E-state index in [-0.39, 0.29) is 22.6 Å². The first-order valence-electron chi connectivity index (χ1n) is 7.17. The fourth-order valence-electron chi connectivity index (χ4n) is 2.33. The molecular formula is C15H20ClFN2O2. The third kappa shape index (κ3) is 4.66. The van der Waals surface area contributed by atoms with Gasteiger partial charge in [0.15, 0.2) is 0 Å². The van der Waals surface area contributed by atoms with Gasteiger partial charge in [0.05, 0.1) is 17.7 Å². The maximum atomic E-state index is 13.3. The van der Waals surface area contributed by atoms with E-state index in [0.29, 0.717) is 6.54 Å². The summed E-state index contributed by atoms with van der Waals surface area (Å²) < 4.78 is 19.0. The molecule has 0 spiro atoms. The average Bonchev–Trinajstić information content (AvgIpc) is 2.50. The molecule has 1 unspecified atom stereocenters. The van der Waals surface area contributed by atoms with Crippen LogP contribution in [0, 0.1) is 5.82 Å². The second kappa shape index (κ2) is 7.73. The normalized spacial score (nSPS) is 19.5. The van der Waals surface area contributed by atoms with Crippen molar-refractivity contribution >= 4 is 17.5 Å². The van der Waals surface area contributed by atoms with Crippen LogP contribution in [0.25, 0.3) is 0 Å². The standard InChI is InChI=1S/C15H20ClFN2O2/c1-2-19-7-8-21-12(10-19)5-6-18-15(20)11-3-4-13(16)14(17)9-11/h3-4,9,12H,2,5-8,10H2,1H3,(H,18,20). The third-order valence-corrected chi connectivity index (χ3v) is 3.91. The number of amides is 1. The van der Waals surface area contributed by atoms with E-state index in [1.54, 1.807) is 0 Å². The third-order valence-electron chi connectivity index (χ3n) is 3.60. The zero-order chi connectivity index (χ0) is 15.2. The van der Waals surface area contributed by atoms with Gasteiger partial charge in [-0.3, -0.25) is 9.69 Å². The Morgan fingerprint density at radius 1 is 1.57 bits per heavy atom. The lowest BCUT2D eigenvalue weighted by molar-refractivity contribution is -0.0296. The molecule has 1 aromatic carbocycles. The first kappa shape index (κ1) is 16.2. The van der Waals surface area contributed by atoms with Crippen molar-refractivity contribution in [3.05, 3.63) is 34.6 Å². The van der Waals surface area contributed by atoms with E-state index >= 15 is 0 Å². The Bertz CT molecular complexity index is 499. The highest BCUT2D eigenvalue weighted by molar-refractivity contribution is 6.30. The minimum absolute atomic E-state index is 0.0156. The number of benzene rings is 1. The van der Waals surface area contributed by atoms with Crippen LogP contribution in [0.5, 0.6) is 0 Å². The molecule has 1 aliphatic heterocycles. The van der Waals surface area contributed by atoms with E-state index in [1.807, 2.05) is 0 Å². The molecule has 1 fully saturated rings. The van der Waals surface area contributed by atoms with Gasteiger partial charge < -0.3 is 10.1 Å². The van der Waals surface area contributed by atoms with Gasteiger partial charge in [-0.1, -0.05) is 18.5 Å². The summed E-state index contributed by atoms with van der Waals surface area (Å²) in [6.45, 7) is 6.22. The van der Waals surface area contributed by atoms with Crippen LogP contribution in [0.15, 0.2) is 18.2 Å². The fraction of sp³-hybridized carbons (Fsp3) is 0.533. The Morgan fingerprint density at radius 3 is 3.10 bits per heavy atom. The molecule has 2 rings (SSSR count). The zero-order valence-electron chi connectivity index (χ0n) is 12.1. The molecule has 6 heteroatoms. The summed E-state index contributed by atoms with van der Waals surface area (Å²) in [5.74, 6) is -0.882. The molecule has 0 aromatic heterocycles. The van der Waals surface area contributed by atoms with E-state index in [9.17, 15) is 9.18 Å². The first-order chi connectivity index (χ1) is 10.1. The number of carbonyl (C=O) groups excluding carboxylic acids is 1. The van der Waals surface area contributed by atoms with E-state index in [1.165, 1.54) is 12.1 Å². The average molecular weight is 315 g/mol. The van der Waals surface area contributed by atoms with Crippen molar-refractivity contribution in [2.75, 3.05) is 32.8 Å². The summed E-state index contributed by atoms with van der Waals surface area (Å²) in [5, 5.41) is 2.79. The van der Waals surface area contributed by atoms with Crippen molar-refractivity contribution in [2.45, 2.75) is 19.4 Å². The molecule has 1 N–H and O–H groups in total. The summed E-state index contributed by atoms with van der Waals surface area (Å²) in [4.78, 5) is 14.2. The van der Waals surface area contributed by atoms with Crippen LogP contribution in [-0.4, -0.2) is 49.7 Å². The monoisotopic (exact) mass is 314 g/mol. The summed E-state index contributed by atoms with van der Waals surface area (Å²) in [6, 6.07) is 4.04. The van der Waals surface area contributed by atoms with Gasteiger partial charge in [0.2, 0.25) is 0 Å². The number of rotatable bonds is 5. The highest BCUT2D eigenvalue weighted by Crippen LogP contribution is 2.15. The van der Waals surface area contributed by atoms with Crippen molar-refractivity contribution in [3.8, 4) is 0 Å². The molecule has 1 saturated heterocycles. The van der Waals surface area contributed by atoms with Gasteiger partial charge in [0, 0.05) is 25.2 Å². The number of carbonyl (C=O) groups is 1. The lowest BCUT2D eigenvalue weighted by atomic mass is 10.2. The van der Waals surface area contributed by atoms with Crippen molar-refractivity contribution in [2.24, 2.45) is 0 Å². The highest BCUT2D eigenvalue weighted by atomic mass is 35.5. The van der Waals surface area contributed by atoms with Crippen LogP contribution in [0.2, 0.25) is 5.02 Å². The quantitative estimate of drug-likeness (QED) is 0.907. The molecule has 1 amide bonds. The molecular weight excluding hydrogens is 295 g/mol. The molecule has 1 aromatic rings. The predicted molar refractivity (Wildman–Crippen MR) is 80.2 cm³/mol. The minimum atomic E-state index is -0.585. The van der Waals surface area contributed by atoms with Crippen molar-refractivity contribution in [3.63, 3.8) is 0 Å². The van der Waals surface area contributed by atoms with E-state index < -0.39 is 5.82 Å². The number of hydrogen-bond acceptors (Lipinski definition) is 3. The van der Waals surface area contributed by atoms with E-state index in [4.69, 9.17) is 16.3 Å². The van der Waals surface area contributed by atoms with Crippen molar-refractivity contribution in [1.29, 1.82) is 0 Å². The molecule has 21 heavy (non-hydrogen) atoms. The van der Waals surface area contributed by atoms with Gasteiger partial charge in [-0.15, -0.1) is 0 Å². The van der Waals surface area contributed by atoms with Crippen molar-refractivity contribution in [1.82, 2.24) is 10.2 Å². The number of morpholine rings is 1. The molecule has 0 saturated carbocycles. The van der Waals surface area contributed by atoms with Gasteiger partial charge in [-0.25, -0.2) is 4.39 Å². The predicted octanol–water partition coefficient (Wildman–Crippen LogP) is 2.32. The largest absolute Gasteiger partial charge is 0.375 e. The summed E-state index contributed by atoms with van der Waals surface area (Å²) in [7, 11) is 0. The lowest BCUT2D eigenvalue weighted by Crippen LogP contribution is -2.43. The number of halogens is 2. The van der Waals surface area contributed by atoms with Gasteiger partial charge >= 0.3 is 0 Å². The van der Waals surface area contributed by atoms with Crippen LogP contribution in [0.3, 0.4) is 0 Å². The Balaban J connectivity index is 1.77. The number of nitrogens with zero attached hydrogens (tertiary/aromatic N) is 1. The number of hydrogen-bond donors (Lipinski definition) is 1. The minimum Gasteiger partial charge on any atom is -0.375 e. The van der Waals surface area contributed by atoms with Crippen LogP contribution < -0.4 is 5.32 Å². The molecule has 0 aliphatic carbocycles. The highest BCUT2D eigenvalue weighted by Gasteiger charge is 2.19. The second-order valence-electron chi connectivity index (χ2n) is 5.06. The summed E-state index contributed by atoms with van der Waals surface area (Å²) in [6.07, 6.45) is 0.888. The number of likely N-dealkylation sites (N-methyl/N-ethyl adjacent to an activating group) is 1. The van der Waals surface area contributed by atoms with E-state index in [2.05, 4.69) is 17.1 Å². The Labute approximate surface area is 129 Å². The maximum Gasteiger partial charge on any atom is 0.251 e. The number of nitrogens with one attached hydrogen (secondary N) is 1. The SMILES string of the molecule is CCN1CCOC(CCNC(=O)c2ccc(Cl)c(F)c2)C1. The first-order valence-corrected chi connectivity index (χ1v) is 7.55. The lowest BCUT2D eigenvalue weighted by Gasteiger charge is -2.32. The van der Waals surface area contributed by atoms with Gasteiger partial charge in [0.1, 0.15) is 5.82 Å². The molecule has 0 bridgehead atoms. The second-order valence-corrected chi connectivity index (χ2v) is 5.47. The van der Waals surface area contributed by atoms with Crippen LogP contribution in [0.4, 0.5) is 4.39 Å². The van der Waals surface area contributed by atoms with Crippen LogP contribution in [0.1, 0.15) is 23.7 Å². The summed E-state index contributed by atoms with van der Waals surface area (Å²) in [5.41, 5.74) is 0.275. The van der Waals surface area contributed by atoms with Crippen LogP contribution in [-0.2, 0) is 4.74 Å². The smallest absolute Gasteiger partial charge is 0.251 e. The number of ether oxygens (including phenoxy) is 1. The molecule has 1 atom stereocenters. The zero-order valence-corrected chi connectivity index (χ0v) is 12.8. The van der Waals surface area contributed by atoms with E-state index in [0.717, 1.165) is 38.7 Å². The summed E-state index contributed by atoms with van der Waals surface area (Å²) >= 11 is 5.59. The van der Waals surface area contributed by atoms with Gasteiger partial charge in [0.25, 0.3) is 5.91 Å². The fourth-order valence-corrected chi connectivity index (χ4v) is 2.45. The van der Waals surface area contributed by atoms with Gasteiger partial charge in [-0.05, 0) is 31.2 Å². The Kier molecular flexibility index (Phi) is 5.96. The Morgan fingerprint density at radius 2 is 2.38 bits per heavy atom. The molecule has 1 aliphatic rings. The topological polar surface area (TPSA) is 41.6 Å². The Hall–Kier alpha value is -1.17. The van der Waals surface area contributed by atoms with Crippen molar-refractivity contribution < 1.29 is 13.9 Å². The van der Waals surface area contributed by atoms with Crippen LogP contribution >= 0.6 is 11.6 Å². The van der Waals surface area contributed by atoms with Gasteiger partial charge in [-0.2, -0.15) is 0 Å². The molecule has 0 radical (unpaired) electrons. The molecule has 116 valence electrons. The molecule has 1 heterocycles. The maximum absolute atomic E-state index is 13.3. The molecule has 4 nitrogen and oxygen atoms in total.